The zero-order valence-corrected chi connectivity index (χ0v) is 23.7. The molecule has 0 aromatic heterocycles. The molecule has 1 aromatic carbocycles. The number of likely N-dealkylation sites (N-methyl/N-ethyl adjacent to an activating group) is 1. The molecular weight excluding hydrogens is 498 g/mol. The molecule has 10 nitrogen and oxygen atoms in total. The number of alkyl carbamates (subject to hydrolysis) is 1. The van der Waals surface area contributed by atoms with Gasteiger partial charge in [-0.1, -0.05) is 18.2 Å². The number of hydrogen-bond donors (Lipinski definition) is 3. The van der Waals surface area contributed by atoms with Gasteiger partial charge in [0, 0.05) is 18.7 Å². The number of aromatic hydroxyl groups is 1. The van der Waals surface area contributed by atoms with Crippen molar-refractivity contribution in [1.82, 2.24) is 15.5 Å². The van der Waals surface area contributed by atoms with Crippen LogP contribution in [0.2, 0.25) is 0 Å². The number of nitrogens with one attached hydrogen (secondary N) is 2. The van der Waals surface area contributed by atoms with E-state index < -0.39 is 41.6 Å². The normalized spacial score (nSPS) is 12.7. The maximum Gasteiger partial charge on any atom is 0.408 e. The lowest BCUT2D eigenvalue weighted by Gasteiger charge is -2.34. The van der Waals surface area contributed by atoms with Gasteiger partial charge in [0.2, 0.25) is 11.8 Å². The molecule has 3 amide bonds. The van der Waals surface area contributed by atoms with Crippen LogP contribution in [0.25, 0.3) is 0 Å². The number of carbonyl (C=O) groups excluding carboxylic acids is 4. The average Bonchev–Trinajstić information content (AvgIpc) is 2.80. The molecule has 0 fully saturated rings. The van der Waals surface area contributed by atoms with Gasteiger partial charge in [-0.15, -0.1) is 0 Å². The first kappa shape index (κ1) is 32.1. The van der Waals surface area contributed by atoms with Crippen LogP contribution in [0.3, 0.4) is 0 Å². The number of phenols is 1. The minimum absolute atomic E-state index is 0.00144. The number of ether oxygens (including phenoxy) is 2. The summed E-state index contributed by atoms with van der Waals surface area (Å²) in [5.41, 5.74) is 0.0249. The molecule has 1 aromatic rings. The Bertz CT molecular complexity index is 933. The van der Waals surface area contributed by atoms with E-state index in [0.29, 0.717) is 17.7 Å². The summed E-state index contributed by atoms with van der Waals surface area (Å²) in [6.45, 7) is 10.6. The van der Waals surface area contributed by atoms with Gasteiger partial charge >= 0.3 is 12.1 Å². The number of benzene rings is 1. The topological polar surface area (TPSA) is 134 Å². The van der Waals surface area contributed by atoms with Crippen LogP contribution in [-0.2, 0) is 23.9 Å². The number of aryl methyl sites for hydroxylation is 1. The van der Waals surface area contributed by atoms with Gasteiger partial charge in [0.05, 0.1) is 13.0 Å². The molecule has 0 aliphatic rings. The Balaban J connectivity index is 3.33. The van der Waals surface area contributed by atoms with Crippen LogP contribution in [0.15, 0.2) is 18.2 Å². The van der Waals surface area contributed by atoms with Crippen LogP contribution in [0, 0.1) is 6.92 Å². The Kier molecular flexibility index (Phi) is 13.3. The Labute approximate surface area is 223 Å². The summed E-state index contributed by atoms with van der Waals surface area (Å²) < 4.78 is 10.2. The number of hydrogen-bond acceptors (Lipinski definition) is 8. The molecule has 3 N–H and O–H groups in total. The largest absolute Gasteiger partial charge is 0.507 e. The molecule has 208 valence electrons. The first-order valence-electron chi connectivity index (χ1n) is 12.4. The third kappa shape index (κ3) is 10.5. The Morgan fingerprint density at radius 1 is 1.16 bits per heavy atom. The summed E-state index contributed by atoms with van der Waals surface area (Å²) in [6.07, 6.45) is 1.42. The van der Waals surface area contributed by atoms with E-state index >= 15 is 0 Å². The molecule has 0 aliphatic carbocycles. The van der Waals surface area contributed by atoms with Crippen molar-refractivity contribution in [1.29, 1.82) is 0 Å². The van der Waals surface area contributed by atoms with Crippen molar-refractivity contribution < 1.29 is 33.8 Å². The fraction of sp³-hybridized carbons (Fsp3) is 0.615. The predicted octanol–water partition coefficient (Wildman–Crippen LogP) is 3.31. The predicted molar refractivity (Wildman–Crippen MR) is 143 cm³/mol. The number of phenolic OH excluding ortho intramolecular Hbond substituents is 1. The molecule has 1 rings (SSSR count). The van der Waals surface area contributed by atoms with Gasteiger partial charge < -0.3 is 30.1 Å². The maximum atomic E-state index is 13.8. The lowest BCUT2D eigenvalue weighted by molar-refractivity contribution is -0.144. The number of carbonyl (C=O) groups is 4. The minimum Gasteiger partial charge on any atom is -0.507 e. The molecule has 0 spiro atoms. The highest BCUT2D eigenvalue weighted by atomic mass is 32.2. The summed E-state index contributed by atoms with van der Waals surface area (Å²) in [5.74, 6) is -1.05. The first-order valence-corrected chi connectivity index (χ1v) is 13.8. The molecule has 37 heavy (non-hydrogen) atoms. The molecule has 0 radical (unpaired) electrons. The smallest absolute Gasteiger partial charge is 0.408 e. The van der Waals surface area contributed by atoms with Crippen molar-refractivity contribution >= 4 is 35.6 Å². The second kappa shape index (κ2) is 15.3. The molecule has 2 unspecified atom stereocenters. The quantitative estimate of drug-likeness (QED) is 0.325. The minimum atomic E-state index is -1.20. The second-order valence-electron chi connectivity index (χ2n) is 9.37. The molecule has 0 saturated heterocycles. The van der Waals surface area contributed by atoms with E-state index in [1.54, 1.807) is 59.7 Å². The van der Waals surface area contributed by atoms with Gasteiger partial charge in [0.25, 0.3) is 0 Å². The molecule has 2 atom stereocenters. The summed E-state index contributed by atoms with van der Waals surface area (Å²) in [7, 11) is 0. The molecular formula is C26H41N3O7S. The summed E-state index contributed by atoms with van der Waals surface area (Å²) in [6, 6.07) is 2.80. The van der Waals surface area contributed by atoms with Gasteiger partial charge in [-0.25, -0.2) is 4.79 Å². The molecule has 11 heteroatoms. The van der Waals surface area contributed by atoms with Crippen molar-refractivity contribution in [3.8, 4) is 5.75 Å². The highest BCUT2D eigenvalue weighted by molar-refractivity contribution is 7.98. The van der Waals surface area contributed by atoms with Crippen LogP contribution in [0.5, 0.6) is 5.75 Å². The first-order chi connectivity index (χ1) is 17.4. The fourth-order valence-corrected chi connectivity index (χ4v) is 4.05. The average molecular weight is 540 g/mol. The van der Waals surface area contributed by atoms with E-state index in [0.717, 1.165) is 0 Å². The zero-order valence-electron chi connectivity index (χ0n) is 22.9. The van der Waals surface area contributed by atoms with Gasteiger partial charge in [-0.2, -0.15) is 11.8 Å². The van der Waals surface area contributed by atoms with Crippen LogP contribution in [0.4, 0.5) is 4.79 Å². The Morgan fingerprint density at radius 3 is 2.41 bits per heavy atom. The van der Waals surface area contributed by atoms with Gasteiger partial charge in [-0.05, 0) is 65.5 Å². The number of thioether (sulfide) groups is 1. The third-order valence-corrected chi connectivity index (χ3v) is 5.92. The summed E-state index contributed by atoms with van der Waals surface area (Å²) in [4.78, 5) is 52.7. The number of esters is 1. The van der Waals surface area contributed by atoms with Crippen molar-refractivity contribution in [3.63, 3.8) is 0 Å². The van der Waals surface area contributed by atoms with E-state index in [9.17, 15) is 24.3 Å². The van der Waals surface area contributed by atoms with Crippen LogP contribution < -0.4 is 10.6 Å². The summed E-state index contributed by atoms with van der Waals surface area (Å²) in [5, 5.41) is 16.1. The number of amides is 3. The lowest BCUT2D eigenvalue weighted by atomic mass is 9.99. The lowest BCUT2D eigenvalue weighted by Crippen LogP contribution is -2.53. The molecule has 0 saturated carbocycles. The Hall–Kier alpha value is -2.95. The molecule has 0 heterocycles. The van der Waals surface area contributed by atoms with Crippen molar-refractivity contribution in [3.05, 3.63) is 29.3 Å². The summed E-state index contributed by atoms with van der Waals surface area (Å²) >= 11 is 1.51. The SMILES string of the molecule is CCOC(=O)CCNC(=O)C(c1cccc(C)c1O)N(CC)C(=O)C(CCSC)NC(=O)OC(C)(C)C. The fourth-order valence-electron chi connectivity index (χ4n) is 3.58. The van der Waals surface area contributed by atoms with Crippen molar-refractivity contribution in [2.75, 3.05) is 31.7 Å². The van der Waals surface area contributed by atoms with Crippen molar-refractivity contribution in [2.45, 2.75) is 72.1 Å². The standard InChI is InChI=1S/C26H41N3O7S/c1-8-29(24(33)19(14-16-37-7)28-25(34)36-26(4,5)6)21(18-12-10-11-17(3)22(18)31)23(32)27-15-13-20(30)35-9-2/h10-12,19,21,31H,8-9,13-16H2,1-7H3,(H,27,32)(H,28,34). The monoisotopic (exact) mass is 539 g/mol. The Morgan fingerprint density at radius 2 is 1.84 bits per heavy atom. The van der Waals surface area contributed by atoms with Gasteiger partial charge in [-0.3, -0.25) is 14.4 Å². The molecule has 0 bridgehead atoms. The van der Waals surface area contributed by atoms with Gasteiger partial charge in [0.15, 0.2) is 0 Å². The van der Waals surface area contributed by atoms with E-state index in [4.69, 9.17) is 9.47 Å². The molecule has 0 aliphatic heterocycles. The van der Waals surface area contributed by atoms with E-state index in [1.165, 1.54) is 16.7 Å². The number of nitrogens with zero attached hydrogens (tertiary/aromatic N) is 1. The van der Waals surface area contributed by atoms with Gasteiger partial charge in [0.1, 0.15) is 23.4 Å². The van der Waals surface area contributed by atoms with Crippen LogP contribution >= 0.6 is 11.8 Å². The second-order valence-corrected chi connectivity index (χ2v) is 10.4. The number of para-hydroxylation sites is 1. The highest BCUT2D eigenvalue weighted by Crippen LogP contribution is 2.32. The van der Waals surface area contributed by atoms with E-state index in [1.807, 2.05) is 6.26 Å². The van der Waals surface area contributed by atoms with E-state index in [-0.39, 0.29) is 37.4 Å². The van der Waals surface area contributed by atoms with Crippen LogP contribution in [-0.4, -0.2) is 77.2 Å². The van der Waals surface area contributed by atoms with Crippen molar-refractivity contribution in [2.24, 2.45) is 0 Å². The van der Waals surface area contributed by atoms with E-state index in [2.05, 4.69) is 10.6 Å². The zero-order chi connectivity index (χ0) is 28.2. The van der Waals surface area contributed by atoms with Crippen LogP contribution in [0.1, 0.15) is 64.6 Å². The highest BCUT2D eigenvalue weighted by Gasteiger charge is 2.36. The number of rotatable bonds is 13. The maximum absolute atomic E-state index is 13.8. The third-order valence-electron chi connectivity index (χ3n) is 5.28.